The van der Waals surface area contributed by atoms with E-state index in [2.05, 4.69) is 4.74 Å². The van der Waals surface area contributed by atoms with Crippen molar-refractivity contribution in [2.45, 2.75) is 38.1 Å². The largest absolute Gasteiger partial charge is 0.469 e. The summed E-state index contributed by atoms with van der Waals surface area (Å²) >= 11 is 0. The van der Waals surface area contributed by atoms with E-state index in [1.807, 2.05) is 6.92 Å². The Balaban J connectivity index is 2.41. The van der Waals surface area contributed by atoms with Gasteiger partial charge in [0.25, 0.3) is 0 Å². The van der Waals surface area contributed by atoms with Gasteiger partial charge in [-0.1, -0.05) is 6.92 Å². The van der Waals surface area contributed by atoms with Crippen LogP contribution in [-0.2, 0) is 19.0 Å². The molecular weight excluding hydrogens is 200 g/mol. The second-order valence-corrected chi connectivity index (χ2v) is 3.60. The smallest absolute Gasteiger partial charge is 0.308 e. The molecule has 1 fully saturated rings. The number of rotatable bonds is 5. The van der Waals surface area contributed by atoms with Crippen molar-refractivity contribution in [3.63, 3.8) is 0 Å². The first-order chi connectivity index (χ1) is 7.12. The number of hydrogen-bond acceptors (Lipinski definition) is 5. The molecule has 1 unspecified atom stereocenters. The fourth-order valence-electron chi connectivity index (χ4n) is 1.67. The Bertz CT molecular complexity index is 210. The van der Waals surface area contributed by atoms with E-state index in [1.54, 1.807) is 0 Å². The minimum Gasteiger partial charge on any atom is -0.469 e. The lowest BCUT2D eigenvalue weighted by Gasteiger charge is -2.27. The second kappa shape index (κ2) is 5.44. The number of aliphatic hydroxyl groups excluding tert-OH is 1. The Morgan fingerprint density at radius 3 is 2.60 bits per heavy atom. The van der Waals surface area contributed by atoms with Crippen molar-refractivity contribution in [1.29, 1.82) is 0 Å². The summed E-state index contributed by atoms with van der Waals surface area (Å²) in [6, 6.07) is 0. The highest BCUT2D eigenvalue weighted by Gasteiger charge is 2.37. The van der Waals surface area contributed by atoms with Crippen LogP contribution in [0.1, 0.15) is 26.2 Å². The predicted octanol–water partition coefficient (Wildman–Crippen LogP) is 0.454. The summed E-state index contributed by atoms with van der Waals surface area (Å²) in [5.74, 6) is -1.14. The zero-order valence-electron chi connectivity index (χ0n) is 9.19. The number of hydrogen-bond donors (Lipinski definition) is 1. The Morgan fingerprint density at radius 2 is 2.13 bits per heavy atom. The monoisotopic (exact) mass is 218 g/mol. The SMILES string of the molecule is CCC1(CC(O)CC(=O)OC)OCCO1. The molecule has 1 N–H and O–H groups in total. The number of methoxy groups -OCH3 is 1. The minimum atomic E-state index is -0.782. The van der Waals surface area contributed by atoms with Gasteiger partial charge in [0.2, 0.25) is 0 Å². The van der Waals surface area contributed by atoms with Crippen LogP contribution in [0.2, 0.25) is 0 Å². The Labute approximate surface area is 89.3 Å². The van der Waals surface area contributed by atoms with Crippen molar-refractivity contribution in [3.8, 4) is 0 Å². The number of aliphatic hydroxyl groups is 1. The molecule has 1 aliphatic rings. The Morgan fingerprint density at radius 1 is 1.53 bits per heavy atom. The van der Waals surface area contributed by atoms with Crippen LogP contribution in [0.5, 0.6) is 0 Å². The maximum absolute atomic E-state index is 10.9. The van der Waals surface area contributed by atoms with E-state index in [1.165, 1.54) is 7.11 Å². The maximum atomic E-state index is 10.9. The fourth-order valence-corrected chi connectivity index (χ4v) is 1.67. The fraction of sp³-hybridized carbons (Fsp3) is 0.900. The van der Waals surface area contributed by atoms with Crippen molar-refractivity contribution in [3.05, 3.63) is 0 Å². The average molecular weight is 218 g/mol. The normalized spacial score (nSPS) is 21.3. The van der Waals surface area contributed by atoms with Gasteiger partial charge in [0.15, 0.2) is 5.79 Å². The third-order valence-corrected chi connectivity index (χ3v) is 2.53. The molecule has 1 aliphatic heterocycles. The third kappa shape index (κ3) is 3.44. The zero-order valence-corrected chi connectivity index (χ0v) is 9.19. The molecule has 0 saturated carbocycles. The predicted molar refractivity (Wildman–Crippen MR) is 52.2 cm³/mol. The maximum Gasteiger partial charge on any atom is 0.308 e. The van der Waals surface area contributed by atoms with Crippen molar-refractivity contribution in [1.82, 2.24) is 0 Å². The van der Waals surface area contributed by atoms with Crippen molar-refractivity contribution in [2.24, 2.45) is 0 Å². The summed E-state index contributed by atoms with van der Waals surface area (Å²) in [5.41, 5.74) is 0. The van der Waals surface area contributed by atoms with Crippen molar-refractivity contribution >= 4 is 5.97 Å². The first kappa shape index (κ1) is 12.4. The topological polar surface area (TPSA) is 65.0 Å². The molecule has 88 valence electrons. The molecule has 0 radical (unpaired) electrons. The van der Waals surface area contributed by atoms with E-state index in [0.29, 0.717) is 26.1 Å². The van der Waals surface area contributed by atoms with E-state index < -0.39 is 17.9 Å². The van der Waals surface area contributed by atoms with Crippen molar-refractivity contribution in [2.75, 3.05) is 20.3 Å². The summed E-state index contributed by atoms with van der Waals surface area (Å²) in [6.45, 7) is 3.01. The van der Waals surface area contributed by atoms with Crippen LogP contribution >= 0.6 is 0 Å². The van der Waals surface area contributed by atoms with E-state index >= 15 is 0 Å². The molecule has 0 aromatic rings. The van der Waals surface area contributed by atoms with Gasteiger partial charge in [0.05, 0.1) is 32.8 Å². The molecule has 1 rings (SSSR count). The molecule has 15 heavy (non-hydrogen) atoms. The molecule has 0 amide bonds. The van der Waals surface area contributed by atoms with E-state index in [4.69, 9.17) is 9.47 Å². The van der Waals surface area contributed by atoms with Gasteiger partial charge in [0, 0.05) is 6.42 Å². The number of carbonyl (C=O) groups excluding carboxylic acids is 1. The van der Waals surface area contributed by atoms with Gasteiger partial charge in [-0.3, -0.25) is 4.79 Å². The Kier molecular flexibility index (Phi) is 4.50. The quantitative estimate of drug-likeness (QED) is 0.679. The lowest BCUT2D eigenvalue weighted by Crippen LogP contribution is -2.35. The molecule has 0 aliphatic carbocycles. The molecule has 1 heterocycles. The summed E-state index contributed by atoms with van der Waals surface area (Å²) in [5, 5.41) is 9.65. The van der Waals surface area contributed by atoms with Crippen LogP contribution < -0.4 is 0 Å². The van der Waals surface area contributed by atoms with Gasteiger partial charge >= 0.3 is 5.97 Å². The number of esters is 1. The van der Waals surface area contributed by atoms with E-state index in [0.717, 1.165) is 0 Å². The highest BCUT2D eigenvalue weighted by Crippen LogP contribution is 2.29. The van der Waals surface area contributed by atoms with Gasteiger partial charge in [-0.15, -0.1) is 0 Å². The molecule has 0 spiro atoms. The van der Waals surface area contributed by atoms with E-state index in [-0.39, 0.29) is 6.42 Å². The molecule has 5 nitrogen and oxygen atoms in total. The van der Waals surface area contributed by atoms with Gasteiger partial charge in [-0.05, 0) is 6.42 Å². The zero-order chi connectivity index (χ0) is 11.3. The molecular formula is C10H18O5. The first-order valence-electron chi connectivity index (χ1n) is 5.14. The lowest BCUT2D eigenvalue weighted by molar-refractivity contribution is -0.180. The molecule has 1 saturated heterocycles. The van der Waals surface area contributed by atoms with E-state index in [9.17, 15) is 9.90 Å². The Hall–Kier alpha value is -0.650. The number of carbonyl (C=O) groups is 1. The van der Waals surface area contributed by atoms with Crippen LogP contribution in [0.25, 0.3) is 0 Å². The summed E-state index contributed by atoms with van der Waals surface area (Å²) in [7, 11) is 1.30. The van der Waals surface area contributed by atoms with Gasteiger partial charge in [0.1, 0.15) is 0 Å². The highest BCUT2D eigenvalue weighted by molar-refractivity contribution is 5.69. The van der Waals surface area contributed by atoms with Crippen LogP contribution in [-0.4, -0.2) is 43.3 Å². The van der Waals surface area contributed by atoms with Gasteiger partial charge in [-0.25, -0.2) is 0 Å². The van der Waals surface area contributed by atoms with Crippen LogP contribution in [0.4, 0.5) is 0 Å². The molecule has 0 bridgehead atoms. The summed E-state index contributed by atoms with van der Waals surface area (Å²) < 4.78 is 15.4. The standard InChI is InChI=1S/C10H18O5/c1-3-10(14-4-5-15-10)7-8(11)6-9(12)13-2/h8,11H,3-7H2,1-2H3. The third-order valence-electron chi connectivity index (χ3n) is 2.53. The molecule has 0 aromatic carbocycles. The van der Waals surface area contributed by atoms with Crippen LogP contribution in [0, 0.1) is 0 Å². The minimum absolute atomic E-state index is 0.0228. The lowest BCUT2D eigenvalue weighted by atomic mass is 10.0. The second-order valence-electron chi connectivity index (χ2n) is 3.60. The first-order valence-corrected chi connectivity index (χ1v) is 5.14. The molecule has 0 aromatic heterocycles. The molecule has 5 heteroatoms. The van der Waals surface area contributed by atoms with Gasteiger partial charge in [-0.2, -0.15) is 0 Å². The van der Waals surface area contributed by atoms with Crippen LogP contribution in [0.3, 0.4) is 0 Å². The molecule has 1 atom stereocenters. The summed E-state index contributed by atoms with van der Waals surface area (Å²) in [4.78, 5) is 10.9. The van der Waals surface area contributed by atoms with Crippen LogP contribution in [0.15, 0.2) is 0 Å². The van der Waals surface area contributed by atoms with Gasteiger partial charge < -0.3 is 19.3 Å². The number of ether oxygens (including phenoxy) is 3. The average Bonchev–Trinajstić information content (AvgIpc) is 2.66. The van der Waals surface area contributed by atoms with Crippen molar-refractivity contribution < 1.29 is 24.1 Å². The highest BCUT2D eigenvalue weighted by atomic mass is 16.7. The summed E-state index contributed by atoms with van der Waals surface area (Å²) in [6.07, 6.45) is 0.157.